The number of hydrogen-bond donors (Lipinski definition) is 0. The highest BCUT2D eigenvalue weighted by molar-refractivity contribution is 6.74. The summed E-state index contributed by atoms with van der Waals surface area (Å²) in [6, 6.07) is 8.70. The number of nitrogens with zero attached hydrogens (tertiary/aromatic N) is 5. The van der Waals surface area contributed by atoms with Gasteiger partial charge in [0, 0.05) is 37.3 Å². The van der Waals surface area contributed by atoms with Gasteiger partial charge in [-0.15, -0.1) is 0 Å². The predicted octanol–water partition coefficient (Wildman–Crippen LogP) is 7.87. The Bertz CT molecular complexity index is 1580. The Morgan fingerprint density at radius 3 is 2.35 bits per heavy atom. The summed E-state index contributed by atoms with van der Waals surface area (Å²) in [4.78, 5) is 22.1. The highest BCUT2D eigenvalue weighted by Gasteiger charge is 2.40. The minimum Gasteiger partial charge on any atom is -0.491 e. The number of carbonyl (C=O) groups excluding carboxylic acids is 1. The fraction of sp³-hybridized carbons (Fsp3) is 0.649. The van der Waals surface area contributed by atoms with Crippen molar-refractivity contribution in [2.45, 2.75) is 110 Å². The molecule has 2 fully saturated rings. The second kappa shape index (κ2) is 14.0. The van der Waals surface area contributed by atoms with E-state index in [-0.39, 0.29) is 23.2 Å². The van der Waals surface area contributed by atoms with Gasteiger partial charge in [-0.05, 0) is 87.3 Å². The number of morpholine rings is 1. The van der Waals surface area contributed by atoms with Gasteiger partial charge in [0.15, 0.2) is 14.0 Å². The molecule has 1 aliphatic carbocycles. The number of fused-ring (bicyclic) bond motifs is 1. The zero-order valence-corrected chi connectivity index (χ0v) is 32.1. The van der Waals surface area contributed by atoms with Crippen molar-refractivity contribution in [1.82, 2.24) is 19.5 Å². The molecule has 3 heterocycles. The lowest BCUT2D eigenvalue weighted by Crippen LogP contribution is -2.49. The SMILES string of the molecule is CC(C)c1cnn2c(N3CCOCC3)cc(-c3cc(OCC(CN(C)C(=O)OC(C)(C)C)O[Si](C)(C)C(C)(C)C)cc(C4CC4)c3)nc12. The molecule has 0 bridgehead atoms. The van der Waals surface area contributed by atoms with Crippen LogP contribution < -0.4 is 9.64 Å². The van der Waals surface area contributed by atoms with Crippen LogP contribution in [-0.4, -0.2) is 92.1 Å². The van der Waals surface area contributed by atoms with Gasteiger partial charge in [0.1, 0.15) is 23.8 Å². The first-order valence-corrected chi connectivity index (χ1v) is 20.4. The number of hydrogen-bond acceptors (Lipinski definition) is 8. The highest BCUT2D eigenvalue weighted by atomic mass is 28.4. The predicted molar refractivity (Wildman–Crippen MR) is 194 cm³/mol. The van der Waals surface area contributed by atoms with Crippen LogP contribution in [0.4, 0.5) is 10.6 Å². The van der Waals surface area contributed by atoms with Crippen LogP contribution in [0.1, 0.15) is 91.2 Å². The Hall–Kier alpha value is -3.15. The van der Waals surface area contributed by atoms with Gasteiger partial charge in [0.2, 0.25) is 0 Å². The minimum absolute atomic E-state index is 0.000189. The lowest BCUT2D eigenvalue weighted by molar-refractivity contribution is 0.0172. The van der Waals surface area contributed by atoms with Crippen LogP contribution in [0, 0.1) is 0 Å². The van der Waals surface area contributed by atoms with Gasteiger partial charge in [-0.25, -0.2) is 9.78 Å². The maximum Gasteiger partial charge on any atom is 0.410 e. The van der Waals surface area contributed by atoms with E-state index in [1.54, 1.807) is 11.9 Å². The molecule has 1 amide bonds. The number of rotatable bonds is 11. The number of likely N-dealkylation sites (N-methyl/N-ethyl adjacent to an activating group) is 1. The van der Waals surface area contributed by atoms with E-state index < -0.39 is 13.9 Å². The van der Waals surface area contributed by atoms with Crippen LogP contribution in [0.3, 0.4) is 0 Å². The van der Waals surface area contributed by atoms with E-state index >= 15 is 0 Å². The Kier molecular flexibility index (Phi) is 10.5. The van der Waals surface area contributed by atoms with Gasteiger partial charge in [-0.3, -0.25) is 0 Å². The van der Waals surface area contributed by atoms with Crippen LogP contribution >= 0.6 is 0 Å². The van der Waals surface area contributed by atoms with Gasteiger partial charge in [-0.2, -0.15) is 9.61 Å². The lowest BCUT2D eigenvalue weighted by atomic mass is 10.0. The third kappa shape index (κ3) is 8.70. The third-order valence-electron chi connectivity index (χ3n) is 9.60. The second-order valence-electron chi connectivity index (χ2n) is 16.3. The summed E-state index contributed by atoms with van der Waals surface area (Å²) in [5.41, 5.74) is 4.62. The van der Waals surface area contributed by atoms with Crippen molar-refractivity contribution in [3.8, 4) is 17.0 Å². The molecule has 0 N–H and O–H groups in total. The van der Waals surface area contributed by atoms with Crippen LogP contribution in [0.5, 0.6) is 5.75 Å². The summed E-state index contributed by atoms with van der Waals surface area (Å²) in [7, 11) is -0.423. The van der Waals surface area contributed by atoms with Crippen molar-refractivity contribution in [3.05, 3.63) is 41.6 Å². The molecule has 0 radical (unpaired) electrons. The van der Waals surface area contributed by atoms with Gasteiger partial charge in [-0.1, -0.05) is 34.6 Å². The molecule has 10 nitrogen and oxygen atoms in total. The van der Waals surface area contributed by atoms with E-state index in [1.807, 2.05) is 31.5 Å². The van der Waals surface area contributed by atoms with Crippen molar-refractivity contribution in [2.24, 2.45) is 0 Å². The van der Waals surface area contributed by atoms with Crippen LogP contribution in [0.15, 0.2) is 30.5 Å². The molecule has 1 aliphatic heterocycles. The summed E-state index contributed by atoms with van der Waals surface area (Å²) >= 11 is 0. The van der Waals surface area contributed by atoms with E-state index in [1.165, 1.54) is 18.4 Å². The smallest absolute Gasteiger partial charge is 0.410 e. The van der Waals surface area contributed by atoms with Crippen molar-refractivity contribution < 1.29 is 23.4 Å². The number of benzene rings is 1. The van der Waals surface area contributed by atoms with E-state index in [0.717, 1.165) is 47.1 Å². The molecule has 5 rings (SSSR count). The third-order valence-corrected chi connectivity index (χ3v) is 14.1. The molecule has 2 aromatic heterocycles. The van der Waals surface area contributed by atoms with Crippen LogP contribution in [0.25, 0.3) is 16.9 Å². The Balaban J connectivity index is 1.48. The molecule has 11 heteroatoms. The molecule has 1 saturated carbocycles. The maximum absolute atomic E-state index is 12.9. The fourth-order valence-electron chi connectivity index (χ4n) is 5.67. The van der Waals surface area contributed by atoms with Crippen LogP contribution in [-0.2, 0) is 13.9 Å². The number of carbonyl (C=O) groups is 1. The molecule has 1 saturated heterocycles. The second-order valence-corrected chi connectivity index (χ2v) is 21.1. The first-order chi connectivity index (χ1) is 22.4. The Morgan fingerprint density at radius 2 is 1.75 bits per heavy atom. The average Bonchev–Trinajstić information content (AvgIpc) is 3.76. The largest absolute Gasteiger partial charge is 0.491 e. The monoisotopic (exact) mass is 679 g/mol. The zero-order chi connectivity index (χ0) is 35.0. The van der Waals surface area contributed by atoms with Crippen molar-refractivity contribution in [2.75, 3.05) is 51.4 Å². The fourth-order valence-corrected chi connectivity index (χ4v) is 7.00. The van der Waals surface area contributed by atoms with Crippen molar-refractivity contribution >= 4 is 25.9 Å². The molecule has 3 aromatic rings. The normalized spacial score (nSPS) is 16.8. The molecule has 1 aromatic carbocycles. The molecular formula is C37H57N5O5Si. The van der Waals surface area contributed by atoms with Gasteiger partial charge in [0.05, 0.1) is 37.8 Å². The molecule has 1 atom stereocenters. The summed E-state index contributed by atoms with van der Waals surface area (Å²) in [5, 5.41) is 4.77. The quantitative estimate of drug-likeness (QED) is 0.189. The first-order valence-electron chi connectivity index (χ1n) is 17.5. The Labute approximate surface area is 288 Å². The number of anilines is 1. The molecule has 1 unspecified atom stereocenters. The lowest BCUT2D eigenvalue weighted by Gasteiger charge is -2.40. The molecule has 48 heavy (non-hydrogen) atoms. The molecule has 264 valence electrons. The highest BCUT2D eigenvalue weighted by Crippen LogP contribution is 2.43. The topological polar surface area (TPSA) is 90.7 Å². The number of amides is 1. The van der Waals surface area contributed by atoms with E-state index in [0.29, 0.717) is 32.3 Å². The van der Waals surface area contributed by atoms with Gasteiger partial charge >= 0.3 is 6.09 Å². The van der Waals surface area contributed by atoms with Crippen molar-refractivity contribution in [1.29, 1.82) is 0 Å². The van der Waals surface area contributed by atoms with E-state index in [9.17, 15) is 4.79 Å². The van der Waals surface area contributed by atoms with E-state index in [2.05, 4.69) is 76.9 Å². The van der Waals surface area contributed by atoms with Crippen LogP contribution in [0.2, 0.25) is 18.1 Å². The van der Waals surface area contributed by atoms with E-state index in [4.69, 9.17) is 28.7 Å². The summed E-state index contributed by atoms with van der Waals surface area (Å²) in [5.74, 6) is 2.62. The number of ether oxygens (including phenoxy) is 3. The molecule has 0 spiro atoms. The first kappa shape index (κ1) is 36.1. The number of aromatic nitrogens is 3. The summed E-state index contributed by atoms with van der Waals surface area (Å²) < 4.78 is 26.8. The summed E-state index contributed by atoms with van der Waals surface area (Å²) in [6.45, 7) is 24.8. The Morgan fingerprint density at radius 1 is 1.06 bits per heavy atom. The summed E-state index contributed by atoms with van der Waals surface area (Å²) in [6.07, 6.45) is 3.59. The average molecular weight is 680 g/mol. The van der Waals surface area contributed by atoms with Crippen molar-refractivity contribution in [3.63, 3.8) is 0 Å². The maximum atomic E-state index is 12.9. The molecule has 2 aliphatic rings. The van der Waals surface area contributed by atoms with Gasteiger partial charge in [0.25, 0.3) is 0 Å². The minimum atomic E-state index is -2.18. The standard InChI is InChI=1S/C37H57N5O5Si/c1-25(2)31-22-38-42-33(41-14-16-44-17-15-41)21-32(39-34(31)42)28-18-27(26-12-13-26)19-29(20-28)45-24-30(47-48(10,11)37(6,7)8)23-40(9)35(43)46-36(3,4)5/h18-22,25-26,30H,12-17,23-24H2,1-11H3. The van der Waals surface area contributed by atoms with Gasteiger partial charge < -0.3 is 28.4 Å². The molecular weight excluding hydrogens is 623 g/mol. The zero-order valence-electron chi connectivity index (χ0n) is 31.1.